The lowest BCUT2D eigenvalue weighted by Crippen LogP contribution is -2.40. The quantitative estimate of drug-likeness (QED) is 0.719. The van der Waals surface area contributed by atoms with E-state index in [1.165, 1.54) is 12.1 Å². The van der Waals surface area contributed by atoms with Crippen molar-refractivity contribution in [2.75, 3.05) is 7.11 Å². The molecule has 0 aliphatic rings. The number of alkyl halides is 3. The summed E-state index contributed by atoms with van der Waals surface area (Å²) in [6, 6.07) is 9.87. The molecule has 0 bridgehead atoms. The van der Waals surface area contributed by atoms with Crippen molar-refractivity contribution in [3.8, 4) is 0 Å². The first-order chi connectivity index (χ1) is 12.6. The van der Waals surface area contributed by atoms with Crippen LogP contribution >= 0.6 is 11.6 Å². The van der Waals surface area contributed by atoms with Crippen molar-refractivity contribution in [3.63, 3.8) is 0 Å². The van der Waals surface area contributed by atoms with E-state index in [2.05, 4.69) is 15.6 Å². The maximum Gasteiger partial charge on any atom is 0.501 e. The summed E-state index contributed by atoms with van der Waals surface area (Å²) in [7, 11) is -4.29. The largest absolute Gasteiger partial charge is 0.501 e. The number of hydrazine groups is 1. The second kappa shape index (κ2) is 8.15. The van der Waals surface area contributed by atoms with Crippen LogP contribution in [0.25, 0.3) is 0 Å². The Morgan fingerprint density at radius 2 is 1.52 bits per heavy atom. The first-order valence-corrected chi connectivity index (χ1v) is 9.18. The summed E-state index contributed by atoms with van der Waals surface area (Å²) >= 11 is 5.84. The van der Waals surface area contributed by atoms with Crippen molar-refractivity contribution in [1.29, 1.82) is 0 Å². The minimum Gasteiger partial charge on any atom is -0.452 e. The Kier molecular flexibility index (Phi) is 6.34. The number of rotatable bonds is 5. The number of carbonyl (C=O) groups is 1. The lowest BCUT2D eigenvalue weighted by molar-refractivity contribution is -0.0436. The molecule has 1 atom stereocenters. The predicted molar refractivity (Wildman–Crippen MR) is 91.7 cm³/mol. The SMILES string of the molecule is COC(=O)NNC(c1ccc(Cl)cc1)c1ccc(S(=O)(=O)C(F)(F)F)cc1. The van der Waals surface area contributed by atoms with Gasteiger partial charge in [-0.3, -0.25) is 5.43 Å². The molecule has 0 aliphatic heterocycles. The summed E-state index contributed by atoms with van der Waals surface area (Å²) in [6.45, 7) is 0. The number of ether oxygens (including phenoxy) is 1. The monoisotopic (exact) mass is 422 g/mol. The van der Waals surface area contributed by atoms with Gasteiger partial charge in [-0.25, -0.2) is 18.6 Å². The van der Waals surface area contributed by atoms with Crippen molar-refractivity contribution in [2.45, 2.75) is 16.4 Å². The zero-order chi connectivity index (χ0) is 20.2. The first kappa shape index (κ1) is 21.0. The highest BCUT2D eigenvalue weighted by Gasteiger charge is 2.46. The standard InChI is InChI=1S/C16H14ClF3N2O4S/c1-26-15(23)22-21-14(10-2-6-12(17)7-3-10)11-4-8-13(9-5-11)27(24,25)16(18,19)20/h2-9,14,21H,1H3,(H,22,23). The van der Waals surface area contributed by atoms with Gasteiger partial charge >= 0.3 is 11.6 Å². The lowest BCUT2D eigenvalue weighted by Gasteiger charge is -2.20. The van der Waals surface area contributed by atoms with E-state index in [0.29, 0.717) is 16.1 Å². The van der Waals surface area contributed by atoms with Crippen LogP contribution in [0.15, 0.2) is 53.4 Å². The molecule has 0 heterocycles. The highest BCUT2D eigenvalue weighted by molar-refractivity contribution is 7.92. The van der Waals surface area contributed by atoms with Crippen LogP contribution in [0.4, 0.5) is 18.0 Å². The van der Waals surface area contributed by atoms with Gasteiger partial charge in [-0.05, 0) is 35.4 Å². The van der Waals surface area contributed by atoms with E-state index in [-0.39, 0.29) is 0 Å². The molecule has 0 aliphatic carbocycles. The molecule has 1 amide bonds. The molecule has 2 N–H and O–H groups in total. The molecule has 2 aromatic carbocycles. The molecular weight excluding hydrogens is 409 g/mol. The smallest absolute Gasteiger partial charge is 0.452 e. The van der Waals surface area contributed by atoms with E-state index < -0.39 is 32.4 Å². The summed E-state index contributed by atoms with van der Waals surface area (Å²) in [5, 5.41) is 0.463. The van der Waals surface area contributed by atoms with E-state index in [9.17, 15) is 26.4 Å². The molecule has 6 nitrogen and oxygen atoms in total. The molecule has 0 radical (unpaired) electrons. The van der Waals surface area contributed by atoms with Crippen molar-refractivity contribution < 1.29 is 31.1 Å². The summed E-state index contributed by atoms with van der Waals surface area (Å²) in [6.07, 6.45) is -0.787. The molecule has 1 unspecified atom stereocenters. The summed E-state index contributed by atoms with van der Waals surface area (Å²) in [4.78, 5) is 10.4. The lowest BCUT2D eigenvalue weighted by atomic mass is 9.99. The average molecular weight is 423 g/mol. The van der Waals surface area contributed by atoms with Gasteiger partial charge in [0.1, 0.15) is 0 Å². The van der Waals surface area contributed by atoms with Gasteiger partial charge in [0.25, 0.3) is 9.84 Å². The van der Waals surface area contributed by atoms with Gasteiger partial charge in [-0.15, -0.1) is 0 Å². The van der Waals surface area contributed by atoms with Gasteiger partial charge in [0, 0.05) is 5.02 Å². The zero-order valence-electron chi connectivity index (χ0n) is 13.7. The molecule has 11 heteroatoms. The van der Waals surface area contributed by atoms with Crippen LogP contribution in [0.5, 0.6) is 0 Å². The van der Waals surface area contributed by atoms with Crippen molar-refractivity contribution >= 4 is 27.5 Å². The third kappa shape index (κ3) is 4.90. The molecular formula is C16H14ClF3N2O4S. The van der Waals surface area contributed by atoms with Crippen molar-refractivity contribution in [1.82, 2.24) is 10.9 Å². The maximum atomic E-state index is 12.7. The molecule has 0 saturated carbocycles. The second-order valence-corrected chi connectivity index (χ2v) is 7.64. The van der Waals surface area contributed by atoms with Gasteiger partial charge in [-0.1, -0.05) is 35.9 Å². The third-order valence-electron chi connectivity index (χ3n) is 3.54. The van der Waals surface area contributed by atoms with Crippen LogP contribution in [0.3, 0.4) is 0 Å². The number of halogens is 4. The van der Waals surface area contributed by atoms with Gasteiger partial charge in [0.05, 0.1) is 18.0 Å². The molecule has 0 aromatic heterocycles. The minimum absolute atomic E-state index is 0.398. The van der Waals surface area contributed by atoms with Crippen LogP contribution in [-0.4, -0.2) is 27.1 Å². The number of nitrogens with one attached hydrogen (secondary N) is 2. The molecule has 2 rings (SSSR count). The number of hydrogen-bond donors (Lipinski definition) is 2. The predicted octanol–water partition coefficient (Wildman–Crippen LogP) is 3.58. The molecule has 2 aromatic rings. The maximum absolute atomic E-state index is 12.7. The second-order valence-electron chi connectivity index (χ2n) is 5.26. The molecule has 27 heavy (non-hydrogen) atoms. The Morgan fingerprint density at radius 1 is 1.04 bits per heavy atom. The summed E-state index contributed by atoms with van der Waals surface area (Å²) < 4.78 is 65.4. The number of methoxy groups -OCH3 is 1. The van der Waals surface area contributed by atoms with E-state index in [1.807, 2.05) is 0 Å². The van der Waals surface area contributed by atoms with Crippen LogP contribution in [0.1, 0.15) is 17.2 Å². The average Bonchev–Trinajstić information content (AvgIpc) is 2.62. The van der Waals surface area contributed by atoms with Crippen molar-refractivity contribution in [3.05, 3.63) is 64.7 Å². The number of hydrogen-bond acceptors (Lipinski definition) is 5. The first-order valence-electron chi connectivity index (χ1n) is 7.32. The molecule has 146 valence electrons. The number of amides is 1. The molecule has 0 saturated heterocycles. The van der Waals surface area contributed by atoms with Gasteiger partial charge < -0.3 is 4.74 Å². The van der Waals surface area contributed by atoms with Crippen LogP contribution in [0.2, 0.25) is 5.02 Å². The van der Waals surface area contributed by atoms with Gasteiger partial charge in [-0.2, -0.15) is 13.2 Å². The normalized spacial score (nSPS) is 13.1. The summed E-state index contributed by atoms with van der Waals surface area (Å²) in [5.41, 5.74) is 0.559. The highest BCUT2D eigenvalue weighted by Crippen LogP contribution is 2.31. The van der Waals surface area contributed by atoms with E-state index in [1.54, 1.807) is 24.3 Å². The van der Waals surface area contributed by atoms with Crippen LogP contribution in [0, 0.1) is 0 Å². The zero-order valence-corrected chi connectivity index (χ0v) is 15.3. The number of carbonyl (C=O) groups excluding carboxylic acids is 1. The Labute approximate surface area is 158 Å². The fraction of sp³-hybridized carbons (Fsp3) is 0.188. The fourth-order valence-corrected chi connectivity index (χ4v) is 3.06. The van der Waals surface area contributed by atoms with E-state index in [4.69, 9.17) is 11.6 Å². The number of benzene rings is 2. The topological polar surface area (TPSA) is 84.5 Å². The Morgan fingerprint density at radius 3 is 1.96 bits per heavy atom. The Balaban J connectivity index is 2.38. The molecule has 0 fully saturated rings. The van der Waals surface area contributed by atoms with Gasteiger partial charge in [0.15, 0.2) is 0 Å². The summed E-state index contributed by atoms with van der Waals surface area (Å²) in [5.74, 6) is 0. The van der Waals surface area contributed by atoms with E-state index in [0.717, 1.165) is 19.2 Å². The van der Waals surface area contributed by atoms with Crippen LogP contribution < -0.4 is 10.9 Å². The van der Waals surface area contributed by atoms with Gasteiger partial charge in [0.2, 0.25) is 0 Å². The van der Waals surface area contributed by atoms with Crippen LogP contribution in [-0.2, 0) is 14.6 Å². The van der Waals surface area contributed by atoms with Crippen molar-refractivity contribution in [2.24, 2.45) is 0 Å². The number of sulfone groups is 1. The Bertz CT molecular complexity index is 901. The third-order valence-corrected chi connectivity index (χ3v) is 5.29. The molecule has 0 spiro atoms. The highest BCUT2D eigenvalue weighted by atomic mass is 35.5. The minimum atomic E-state index is -5.45. The van der Waals surface area contributed by atoms with E-state index >= 15 is 0 Å². The Hall–Kier alpha value is -2.30. The fourth-order valence-electron chi connectivity index (χ4n) is 2.17.